The van der Waals surface area contributed by atoms with Crippen molar-refractivity contribution in [2.24, 2.45) is 5.73 Å². The van der Waals surface area contributed by atoms with E-state index in [0.29, 0.717) is 5.92 Å². The van der Waals surface area contributed by atoms with Crippen LogP contribution in [0.25, 0.3) is 11.0 Å². The molecule has 2 unspecified atom stereocenters. The van der Waals surface area contributed by atoms with Crippen LogP contribution in [0.15, 0.2) is 34.7 Å². The van der Waals surface area contributed by atoms with Crippen LogP contribution in [-0.2, 0) is 0 Å². The maximum Gasteiger partial charge on any atom is 0.134 e. The number of nitrogens with two attached hydrogens (primary N) is 1. The lowest BCUT2D eigenvalue weighted by Crippen LogP contribution is -2.26. The first-order valence-electron chi connectivity index (χ1n) is 6.58. The summed E-state index contributed by atoms with van der Waals surface area (Å²) in [5, 5.41) is 1.19. The molecule has 90 valence electrons. The standard InChI is InChI=1S/C15H19NO/c16-13-8-3-1-2-7-12(13)15-10-11-6-4-5-9-14(11)17-15/h4-6,9-10,12-13H,1-3,7-8,16H2. The number of benzene rings is 1. The summed E-state index contributed by atoms with van der Waals surface area (Å²) in [7, 11) is 0. The third kappa shape index (κ3) is 2.09. The van der Waals surface area contributed by atoms with Crippen LogP contribution in [0.5, 0.6) is 0 Å². The largest absolute Gasteiger partial charge is 0.461 e. The van der Waals surface area contributed by atoms with Crippen molar-refractivity contribution in [3.8, 4) is 0 Å². The van der Waals surface area contributed by atoms with E-state index in [-0.39, 0.29) is 6.04 Å². The number of hydrogen-bond donors (Lipinski definition) is 1. The van der Waals surface area contributed by atoms with Gasteiger partial charge in [-0.15, -0.1) is 0 Å². The Morgan fingerprint density at radius 3 is 2.76 bits per heavy atom. The molecule has 2 N–H and O–H groups in total. The molecule has 1 aliphatic rings. The first kappa shape index (κ1) is 10.8. The van der Waals surface area contributed by atoms with E-state index in [1.165, 1.54) is 31.1 Å². The Labute approximate surface area is 102 Å². The van der Waals surface area contributed by atoms with Gasteiger partial charge in [0, 0.05) is 17.3 Å². The summed E-state index contributed by atoms with van der Waals surface area (Å²) in [6, 6.07) is 10.6. The predicted octanol–water partition coefficient (Wildman–Crippen LogP) is 3.81. The SMILES string of the molecule is NC1CCCCCC1c1cc2ccccc2o1. The second-order valence-corrected chi connectivity index (χ2v) is 5.09. The number of para-hydroxylation sites is 1. The highest BCUT2D eigenvalue weighted by molar-refractivity contribution is 5.77. The fraction of sp³-hybridized carbons (Fsp3) is 0.467. The van der Waals surface area contributed by atoms with Gasteiger partial charge in [-0.05, 0) is 25.0 Å². The van der Waals surface area contributed by atoms with E-state index in [2.05, 4.69) is 18.2 Å². The zero-order valence-corrected chi connectivity index (χ0v) is 10.1. The van der Waals surface area contributed by atoms with Crippen molar-refractivity contribution in [1.82, 2.24) is 0 Å². The van der Waals surface area contributed by atoms with E-state index < -0.39 is 0 Å². The number of rotatable bonds is 1. The molecule has 3 rings (SSSR count). The monoisotopic (exact) mass is 229 g/mol. The van der Waals surface area contributed by atoms with Crippen LogP contribution in [-0.4, -0.2) is 6.04 Å². The molecule has 0 spiro atoms. The summed E-state index contributed by atoms with van der Waals surface area (Å²) in [4.78, 5) is 0. The summed E-state index contributed by atoms with van der Waals surface area (Å²) in [5.74, 6) is 1.49. The minimum atomic E-state index is 0.262. The van der Waals surface area contributed by atoms with Gasteiger partial charge in [0.15, 0.2) is 0 Å². The molecule has 0 aliphatic heterocycles. The van der Waals surface area contributed by atoms with E-state index in [4.69, 9.17) is 10.2 Å². The summed E-state index contributed by atoms with van der Waals surface area (Å²) in [5.41, 5.74) is 7.26. The van der Waals surface area contributed by atoms with Crippen LogP contribution in [0.3, 0.4) is 0 Å². The molecule has 2 heteroatoms. The minimum absolute atomic E-state index is 0.262. The summed E-state index contributed by atoms with van der Waals surface area (Å²) in [6.45, 7) is 0. The van der Waals surface area contributed by atoms with Crippen LogP contribution >= 0.6 is 0 Å². The Morgan fingerprint density at radius 2 is 1.88 bits per heavy atom. The average molecular weight is 229 g/mol. The van der Waals surface area contributed by atoms with Crippen molar-refractivity contribution in [1.29, 1.82) is 0 Å². The minimum Gasteiger partial charge on any atom is -0.461 e. The van der Waals surface area contributed by atoms with Crippen molar-refractivity contribution in [3.05, 3.63) is 36.1 Å². The predicted molar refractivity (Wildman–Crippen MR) is 70.0 cm³/mol. The molecule has 0 bridgehead atoms. The normalized spacial score (nSPS) is 25.9. The molecule has 1 aromatic heterocycles. The van der Waals surface area contributed by atoms with E-state index in [0.717, 1.165) is 17.8 Å². The Bertz CT molecular complexity index is 469. The van der Waals surface area contributed by atoms with Crippen LogP contribution < -0.4 is 5.73 Å². The number of hydrogen-bond acceptors (Lipinski definition) is 2. The van der Waals surface area contributed by atoms with Gasteiger partial charge in [-0.3, -0.25) is 0 Å². The first-order valence-corrected chi connectivity index (χ1v) is 6.58. The van der Waals surface area contributed by atoms with E-state index in [1.807, 2.05) is 12.1 Å². The highest BCUT2D eigenvalue weighted by atomic mass is 16.3. The van der Waals surface area contributed by atoms with E-state index >= 15 is 0 Å². The zero-order valence-electron chi connectivity index (χ0n) is 10.1. The molecule has 1 heterocycles. The number of furan rings is 1. The van der Waals surface area contributed by atoms with Gasteiger partial charge >= 0.3 is 0 Å². The molecule has 0 radical (unpaired) electrons. The lowest BCUT2D eigenvalue weighted by Gasteiger charge is -2.18. The van der Waals surface area contributed by atoms with Gasteiger partial charge in [-0.2, -0.15) is 0 Å². The molecular formula is C15H19NO. The summed E-state index contributed by atoms with van der Waals surface area (Å²) < 4.78 is 5.95. The summed E-state index contributed by atoms with van der Waals surface area (Å²) >= 11 is 0. The maximum absolute atomic E-state index is 6.27. The van der Waals surface area contributed by atoms with Gasteiger partial charge < -0.3 is 10.2 Å². The Kier molecular flexibility index (Phi) is 2.89. The smallest absolute Gasteiger partial charge is 0.134 e. The van der Waals surface area contributed by atoms with Crippen molar-refractivity contribution in [2.75, 3.05) is 0 Å². The highest BCUT2D eigenvalue weighted by Crippen LogP contribution is 2.34. The Balaban J connectivity index is 1.95. The summed E-state index contributed by atoms with van der Waals surface area (Å²) in [6.07, 6.45) is 6.14. The molecule has 17 heavy (non-hydrogen) atoms. The number of fused-ring (bicyclic) bond motifs is 1. The van der Waals surface area contributed by atoms with Gasteiger partial charge in [0.25, 0.3) is 0 Å². The van der Waals surface area contributed by atoms with E-state index in [1.54, 1.807) is 0 Å². The molecule has 0 saturated heterocycles. The van der Waals surface area contributed by atoms with Crippen LogP contribution in [0.2, 0.25) is 0 Å². The van der Waals surface area contributed by atoms with Crippen molar-refractivity contribution in [3.63, 3.8) is 0 Å². The Morgan fingerprint density at radius 1 is 1.06 bits per heavy atom. The molecule has 2 aromatic rings. The molecular weight excluding hydrogens is 210 g/mol. The zero-order chi connectivity index (χ0) is 11.7. The van der Waals surface area contributed by atoms with Crippen molar-refractivity contribution >= 4 is 11.0 Å². The van der Waals surface area contributed by atoms with Crippen molar-refractivity contribution in [2.45, 2.75) is 44.1 Å². The second-order valence-electron chi connectivity index (χ2n) is 5.09. The molecule has 1 aromatic carbocycles. The van der Waals surface area contributed by atoms with Gasteiger partial charge in [0.05, 0.1) is 0 Å². The van der Waals surface area contributed by atoms with E-state index in [9.17, 15) is 0 Å². The fourth-order valence-corrected chi connectivity index (χ4v) is 2.87. The molecule has 2 atom stereocenters. The molecule has 1 fully saturated rings. The van der Waals surface area contributed by atoms with Gasteiger partial charge in [0.2, 0.25) is 0 Å². The molecule has 1 aliphatic carbocycles. The highest BCUT2D eigenvalue weighted by Gasteiger charge is 2.24. The van der Waals surface area contributed by atoms with Crippen molar-refractivity contribution < 1.29 is 4.42 Å². The lowest BCUT2D eigenvalue weighted by atomic mass is 9.93. The third-order valence-electron chi connectivity index (χ3n) is 3.88. The molecule has 0 amide bonds. The first-order chi connectivity index (χ1) is 8.34. The lowest BCUT2D eigenvalue weighted by molar-refractivity contribution is 0.417. The van der Waals surface area contributed by atoms with Crippen LogP contribution in [0, 0.1) is 0 Å². The molecule has 1 saturated carbocycles. The fourth-order valence-electron chi connectivity index (χ4n) is 2.87. The maximum atomic E-state index is 6.27. The van der Waals surface area contributed by atoms with Crippen LogP contribution in [0.1, 0.15) is 43.8 Å². The second kappa shape index (κ2) is 4.53. The van der Waals surface area contributed by atoms with Crippen LogP contribution in [0.4, 0.5) is 0 Å². The average Bonchev–Trinajstić information content (AvgIpc) is 2.65. The van der Waals surface area contributed by atoms with Gasteiger partial charge in [-0.1, -0.05) is 37.5 Å². The van der Waals surface area contributed by atoms with Gasteiger partial charge in [0.1, 0.15) is 11.3 Å². The molecule has 2 nitrogen and oxygen atoms in total. The van der Waals surface area contributed by atoms with Gasteiger partial charge in [-0.25, -0.2) is 0 Å². The third-order valence-corrected chi connectivity index (χ3v) is 3.88. The Hall–Kier alpha value is -1.28. The topological polar surface area (TPSA) is 39.2 Å². The quantitative estimate of drug-likeness (QED) is 0.755.